The molecule has 0 unspecified atom stereocenters. The van der Waals surface area contributed by atoms with E-state index in [1.807, 2.05) is 0 Å². The van der Waals surface area contributed by atoms with Crippen LogP contribution in [0.2, 0.25) is 0 Å². The normalized spacial score (nSPS) is 10.1. The van der Waals surface area contributed by atoms with Gasteiger partial charge in [0, 0.05) is 19.6 Å². The van der Waals surface area contributed by atoms with E-state index in [-0.39, 0.29) is 0 Å². The van der Waals surface area contributed by atoms with Gasteiger partial charge in [0.15, 0.2) is 0 Å². The van der Waals surface area contributed by atoms with E-state index in [1.165, 1.54) is 0 Å². The second kappa shape index (κ2) is 7.54. The molecule has 3 nitrogen and oxygen atoms in total. The molecule has 0 amide bonds. The van der Waals surface area contributed by atoms with Gasteiger partial charge >= 0.3 is 0 Å². The van der Waals surface area contributed by atoms with Crippen molar-refractivity contribution in [1.29, 1.82) is 0 Å². The Bertz CT molecular complexity index is 91.3. The van der Waals surface area contributed by atoms with Gasteiger partial charge in [0.25, 0.3) is 6.47 Å². The van der Waals surface area contributed by atoms with Crippen molar-refractivity contribution in [2.75, 3.05) is 19.8 Å². The molecule has 0 spiro atoms. The van der Waals surface area contributed by atoms with Crippen LogP contribution in [0.1, 0.15) is 20.3 Å². The average molecular weight is 160 g/mol. The predicted octanol–water partition coefficient (Wildman–Crippen LogP) is 1.22. The maximum Gasteiger partial charge on any atom is 0.293 e. The second-order valence-corrected chi connectivity index (χ2v) is 2.79. The maximum absolute atomic E-state index is 9.68. The molecule has 0 aliphatic rings. The molecule has 0 bridgehead atoms. The molecule has 0 aromatic carbocycles. The van der Waals surface area contributed by atoms with E-state index in [9.17, 15) is 4.79 Å². The fourth-order valence-corrected chi connectivity index (χ4v) is 0.611. The van der Waals surface area contributed by atoms with Crippen molar-refractivity contribution >= 4 is 6.47 Å². The van der Waals surface area contributed by atoms with E-state index in [0.29, 0.717) is 25.6 Å². The summed E-state index contributed by atoms with van der Waals surface area (Å²) in [6, 6.07) is 0. The lowest BCUT2D eigenvalue weighted by atomic mass is 10.2. The van der Waals surface area contributed by atoms with Crippen LogP contribution in [-0.4, -0.2) is 26.3 Å². The zero-order valence-corrected chi connectivity index (χ0v) is 7.21. The van der Waals surface area contributed by atoms with Crippen LogP contribution >= 0.6 is 0 Å². The fourth-order valence-electron chi connectivity index (χ4n) is 0.611. The molecule has 0 aliphatic carbocycles. The molecule has 0 saturated heterocycles. The molecule has 0 rings (SSSR count). The summed E-state index contributed by atoms with van der Waals surface area (Å²) in [4.78, 5) is 9.68. The predicted molar refractivity (Wildman–Crippen MR) is 42.3 cm³/mol. The van der Waals surface area contributed by atoms with Crippen molar-refractivity contribution in [3.05, 3.63) is 0 Å². The minimum Gasteiger partial charge on any atom is -0.468 e. The third-order valence-electron chi connectivity index (χ3n) is 1.07. The molecular weight excluding hydrogens is 144 g/mol. The van der Waals surface area contributed by atoms with Crippen molar-refractivity contribution in [2.45, 2.75) is 20.3 Å². The summed E-state index contributed by atoms with van der Waals surface area (Å²) in [5.41, 5.74) is 0. The maximum atomic E-state index is 9.68. The van der Waals surface area contributed by atoms with Crippen molar-refractivity contribution in [1.82, 2.24) is 0 Å². The molecule has 0 heterocycles. The van der Waals surface area contributed by atoms with Gasteiger partial charge in [-0.25, -0.2) is 0 Å². The van der Waals surface area contributed by atoms with Crippen LogP contribution in [0.3, 0.4) is 0 Å². The van der Waals surface area contributed by atoms with Gasteiger partial charge in [-0.15, -0.1) is 0 Å². The first-order valence-corrected chi connectivity index (χ1v) is 3.90. The molecule has 0 N–H and O–H groups in total. The third-order valence-corrected chi connectivity index (χ3v) is 1.07. The van der Waals surface area contributed by atoms with Gasteiger partial charge in [-0.3, -0.25) is 4.79 Å². The number of carbonyl (C=O) groups is 1. The zero-order chi connectivity index (χ0) is 8.53. The van der Waals surface area contributed by atoms with Crippen LogP contribution in [0.4, 0.5) is 0 Å². The Morgan fingerprint density at radius 3 is 2.64 bits per heavy atom. The lowest BCUT2D eigenvalue weighted by Gasteiger charge is -2.05. The topological polar surface area (TPSA) is 35.5 Å². The van der Waals surface area contributed by atoms with Crippen LogP contribution < -0.4 is 0 Å². The minimum absolute atomic E-state index is 0.460. The molecule has 0 fully saturated rings. The number of ether oxygens (including phenoxy) is 2. The molecule has 0 atom stereocenters. The van der Waals surface area contributed by atoms with Crippen molar-refractivity contribution < 1.29 is 14.3 Å². The lowest BCUT2D eigenvalue weighted by Crippen LogP contribution is -2.05. The van der Waals surface area contributed by atoms with Gasteiger partial charge in [0.1, 0.15) is 0 Å². The Kier molecular flexibility index (Phi) is 7.15. The summed E-state index contributed by atoms with van der Waals surface area (Å²) >= 11 is 0. The molecular formula is C8H16O3. The molecule has 66 valence electrons. The molecule has 0 aromatic heterocycles. The van der Waals surface area contributed by atoms with E-state index < -0.39 is 0 Å². The standard InChI is InChI=1S/C8H16O3/c1-8(2)6-10-4-3-5-11-7-9/h7-8H,3-6H2,1-2H3. The monoisotopic (exact) mass is 160 g/mol. The van der Waals surface area contributed by atoms with Crippen LogP contribution in [-0.2, 0) is 14.3 Å². The minimum atomic E-state index is 0.460. The number of carbonyl (C=O) groups excluding carboxylic acids is 1. The summed E-state index contributed by atoms with van der Waals surface area (Å²) in [6.07, 6.45) is 0.783. The summed E-state index contributed by atoms with van der Waals surface area (Å²) in [7, 11) is 0. The highest BCUT2D eigenvalue weighted by Crippen LogP contribution is 1.93. The lowest BCUT2D eigenvalue weighted by molar-refractivity contribution is -0.129. The Balaban J connectivity index is 2.85. The highest BCUT2D eigenvalue weighted by atomic mass is 16.5. The highest BCUT2D eigenvalue weighted by molar-refractivity contribution is 5.36. The molecule has 11 heavy (non-hydrogen) atoms. The number of hydrogen-bond acceptors (Lipinski definition) is 3. The molecule has 3 heteroatoms. The zero-order valence-electron chi connectivity index (χ0n) is 7.21. The fraction of sp³-hybridized carbons (Fsp3) is 0.875. The van der Waals surface area contributed by atoms with Crippen LogP contribution in [0.25, 0.3) is 0 Å². The first kappa shape index (κ1) is 10.4. The van der Waals surface area contributed by atoms with Crippen LogP contribution in [0.5, 0.6) is 0 Å². The van der Waals surface area contributed by atoms with E-state index in [4.69, 9.17) is 4.74 Å². The van der Waals surface area contributed by atoms with Gasteiger partial charge in [0.2, 0.25) is 0 Å². The largest absolute Gasteiger partial charge is 0.468 e. The van der Waals surface area contributed by atoms with Crippen molar-refractivity contribution in [2.24, 2.45) is 5.92 Å². The smallest absolute Gasteiger partial charge is 0.293 e. The van der Waals surface area contributed by atoms with E-state index in [2.05, 4.69) is 18.6 Å². The van der Waals surface area contributed by atoms with E-state index in [0.717, 1.165) is 13.0 Å². The number of hydrogen-bond donors (Lipinski definition) is 0. The quantitative estimate of drug-likeness (QED) is 0.415. The first-order chi connectivity index (χ1) is 5.27. The molecule has 0 aliphatic heterocycles. The van der Waals surface area contributed by atoms with Gasteiger partial charge in [0.05, 0.1) is 6.61 Å². The van der Waals surface area contributed by atoms with E-state index in [1.54, 1.807) is 0 Å². The summed E-state index contributed by atoms with van der Waals surface area (Å²) in [5, 5.41) is 0. The van der Waals surface area contributed by atoms with Crippen molar-refractivity contribution in [3.63, 3.8) is 0 Å². The Morgan fingerprint density at radius 1 is 1.36 bits per heavy atom. The Hall–Kier alpha value is -0.570. The summed E-state index contributed by atoms with van der Waals surface area (Å²) in [5.74, 6) is 0.571. The summed E-state index contributed by atoms with van der Waals surface area (Å²) in [6.45, 7) is 6.57. The van der Waals surface area contributed by atoms with Crippen LogP contribution in [0.15, 0.2) is 0 Å². The van der Waals surface area contributed by atoms with Crippen LogP contribution in [0, 0.1) is 5.92 Å². The number of rotatable bonds is 7. The Labute approximate surface area is 67.7 Å². The summed E-state index contributed by atoms with van der Waals surface area (Å²) < 4.78 is 9.73. The van der Waals surface area contributed by atoms with Gasteiger partial charge in [-0.2, -0.15) is 0 Å². The second-order valence-electron chi connectivity index (χ2n) is 2.79. The molecule has 0 saturated carbocycles. The average Bonchev–Trinajstić information content (AvgIpc) is 1.96. The SMILES string of the molecule is CC(C)COCCCOC=O. The Morgan fingerprint density at radius 2 is 2.09 bits per heavy atom. The first-order valence-electron chi connectivity index (χ1n) is 3.90. The third kappa shape index (κ3) is 9.43. The van der Waals surface area contributed by atoms with E-state index >= 15 is 0 Å². The highest BCUT2D eigenvalue weighted by Gasteiger charge is 1.92. The van der Waals surface area contributed by atoms with Gasteiger partial charge in [-0.05, 0) is 5.92 Å². The molecule has 0 radical (unpaired) electrons. The molecule has 0 aromatic rings. The van der Waals surface area contributed by atoms with Gasteiger partial charge in [-0.1, -0.05) is 13.8 Å². The van der Waals surface area contributed by atoms with Crippen molar-refractivity contribution in [3.8, 4) is 0 Å². The van der Waals surface area contributed by atoms with Gasteiger partial charge < -0.3 is 9.47 Å².